The fraction of sp³-hybridized carbons (Fsp3) is 0.167. The van der Waals surface area contributed by atoms with E-state index in [4.69, 9.17) is 21.6 Å². The van der Waals surface area contributed by atoms with Crippen molar-refractivity contribution in [3.8, 4) is 11.8 Å². The molecule has 0 bridgehead atoms. The largest absolute Gasteiger partial charge is 0.478 e. The Morgan fingerprint density at radius 2 is 2.45 bits per heavy atom. The van der Waals surface area contributed by atoms with Gasteiger partial charge in [0.1, 0.15) is 11.8 Å². The summed E-state index contributed by atoms with van der Waals surface area (Å²) in [4.78, 5) is 11.0. The number of carbonyl (C=O) groups excluding carboxylic acids is 1. The van der Waals surface area contributed by atoms with Crippen LogP contribution in [0.3, 0.4) is 0 Å². The van der Waals surface area contributed by atoms with Gasteiger partial charge in [0.2, 0.25) is 5.91 Å². The SMILES string of the molecule is N#CCOc1ccc(Cl)cc1C=NN=C1NC(=O)CS1. The average molecular weight is 309 g/mol. The molecule has 1 N–H and O–H groups in total. The molecule has 0 radical (unpaired) electrons. The number of carbonyl (C=O) groups is 1. The first-order valence-electron chi connectivity index (χ1n) is 5.52. The number of hydrogen-bond acceptors (Lipinski definition) is 6. The molecule has 0 aromatic heterocycles. The number of nitrogens with zero attached hydrogens (tertiary/aromatic N) is 3. The summed E-state index contributed by atoms with van der Waals surface area (Å²) in [6, 6.07) is 6.85. The molecule has 1 saturated heterocycles. The van der Waals surface area contributed by atoms with E-state index in [0.717, 1.165) is 0 Å². The number of nitriles is 1. The highest BCUT2D eigenvalue weighted by atomic mass is 35.5. The molecule has 0 spiro atoms. The smallest absolute Gasteiger partial charge is 0.236 e. The molecule has 1 aliphatic heterocycles. The van der Waals surface area contributed by atoms with Gasteiger partial charge in [-0.1, -0.05) is 23.4 Å². The van der Waals surface area contributed by atoms with Gasteiger partial charge in [0, 0.05) is 10.6 Å². The highest BCUT2D eigenvalue weighted by Crippen LogP contribution is 2.21. The molecule has 1 aliphatic rings. The predicted octanol–water partition coefficient (Wildman–Crippen LogP) is 1.80. The summed E-state index contributed by atoms with van der Waals surface area (Å²) in [5, 5.41) is 19.8. The minimum Gasteiger partial charge on any atom is -0.478 e. The molecule has 2 rings (SSSR count). The van der Waals surface area contributed by atoms with Gasteiger partial charge >= 0.3 is 0 Å². The van der Waals surface area contributed by atoms with Gasteiger partial charge in [0.15, 0.2) is 11.8 Å². The van der Waals surface area contributed by atoms with Crippen LogP contribution >= 0.6 is 23.4 Å². The Morgan fingerprint density at radius 1 is 1.60 bits per heavy atom. The highest BCUT2D eigenvalue weighted by molar-refractivity contribution is 8.15. The molecule has 20 heavy (non-hydrogen) atoms. The molecule has 8 heteroatoms. The zero-order chi connectivity index (χ0) is 14.4. The zero-order valence-corrected chi connectivity index (χ0v) is 11.7. The van der Waals surface area contributed by atoms with Crippen molar-refractivity contribution in [2.45, 2.75) is 0 Å². The molecule has 6 nitrogen and oxygen atoms in total. The molecular weight excluding hydrogens is 300 g/mol. The molecule has 0 saturated carbocycles. The summed E-state index contributed by atoms with van der Waals surface area (Å²) >= 11 is 7.18. The quantitative estimate of drug-likeness (QED) is 0.678. The van der Waals surface area contributed by atoms with Crippen LogP contribution in [-0.4, -0.2) is 29.6 Å². The van der Waals surface area contributed by atoms with Crippen molar-refractivity contribution in [3.05, 3.63) is 28.8 Å². The first-order valence-corrected chi connectivity index (χ1v) is 6.88. The highest BCUT2D eigenvalue weighted by Gasteiger charge is 2.15. The lowest BCUT2D eigenvalue weighted by molar-refractivity contribution is -0.116. The molecule has 1 fully saturated rings. The number of hydrogen-bond donors (Lipinski definition) is 1. The number of thioether (sulfide) groups is 1. The Balaban J connectivity index is 2.13. The van der Waals surface area contributed by atoms with Crippen LogP contribution in [0.5, 0.6) is 5.75 Å². The maximum atomic E-state index is 11.0. The monoisotopic (exact) mass is 308 g/mol. The molecule has 1 aromatic carbocycles. The number of ether oxygens (including phenoxy) is 1. The summed E-state index contributed by atoms with van der Waals surface area (Å²) in [5.74, 6) is 0.745. The summed E-state index contributed by atoms with van der Waals surface area (Å²) in [7, 11) is 0. The number of rotatable bonds is 4. The van der Waals surface area contributed by atoms with E-state index in [1.54, 1.807) is 18.2 Å². The number of halogens is 1. The molecule has 1 amide bonds. The lowest BCUT2D eigenvalue weighted by Gasteiger charge is -2.05. The Bertz CT molecular complexity index is 624. The average Bonchev–Trinajstić information content (AvgIpc) is 2.84. The number of benzene rings is 1. The van der Waals surface area contributed by atoms with Crippen molar-refractivity contribution in [1.82, 2.24) is 5.32 Å². The van der Waals surface area contributed by atoms with Crippen LogP contribution in [0.4, 0.5) is 0 Å². The molecule has 1 aromatic rings. The van der Waals surface area contributed by atoms with E-state index in [2.05, 4.69) is 15.5 Å². The van der Waals surface area contributed by atoms with E-state index in [9.17, 15) is 4.79 Å². The second-order valence-corrected chi connectivity index (χ2v) is 5.02. The number of nitrogens with one attached hydrogen (secondary N) is 1. The normalized spacial score (nSPS) is 16.4. The maximum absolute atomic E-state index is 11.0. The zero-order valence-electron chi connectivity index (χ0n) is 10.2. The predicted molar refractivity (Wildman–Crippen MR) is 78.2 cm³/mol. The molecule has 0 aliphatic carbocycles. The molecule has 1 heterocycles. The summed E-state index contributed by atoms with van der Waals surface area (Å²) in [6.07, 6.45) is 1.45. The van der Waals surface area contributed by atoms with Crippen molar-refractivity contribution in [2.24, 2.45) is 10.2 Å². The molecule has 0 unspecified atom stereocenters. The fourth-order valence-corrected chi connectivity index (χ4v) is 2.20. The topological polar surface area (TPSA) is 86.8 Å². The lowest BCUT2D eigenvalue weighted by atomic mass is 10.2. The Hall–Kier alpha value is -2.04. The van der Waals surface area contributed by atoms with E-state index in [1.165, 1.54) is 18.0 Å². The Labute approximate surface area is 124 Å². The molecule has 0 atom stereocenters. The standard InChI is InChI=1S/C12H9ClN4O2S/c13-9-1-2-10(19-4-3-14)8(5-9)6-15-17-12-16-11(18)7-20-12/h1-2,5-6H,4,7H2,(H,16,17,18). The van der Waals surface area contributed by atoms with Gasteiger partial charge in [0.25, 0.3) is 0 Å². The minimum absolute atomic E-state index is 0.0666. The third kappa shape index (κ3) is 3.98. The molecule has 102 valence electrons. The van der Waals surface area contributed by atoms with Crippen LogP contribution in [0.25, 0.3) is 0 Å². The van der Waals surface area contributed by atoms with Gasteiger partial charge in [-0.15, -0.1) is 5.10 Å². The third-order valence-electron chi connectivity index (χ3n) is 2.20. The first-order chi connectivity index (χ1) is 9.69. The number of amidine groups is 1. The van der Waals surface area contributed by atoms with Crippen LogP contribution in [-0.2, 0) is 4.79 Å². The summed E-state index contributed by atoms with van der Waals surface area (Å²) < 4.78 is 5.25. The van der Waals surface area contributed by atoms with Gasteiger partial charge in [0.05, 0.1) is 12.0 Å². The van der Waals surface area contributed by atoms with Gasteiger partial charge in [-0.05, 0) is 18.2 Å². The van der Waals surface area contributed by atoms with Crippen LogP contribution in [0.1, 0.15) is 5.56 Å². The van der Waals surface area contributed by atoms with E-state index in [1.807, 2.05) is 6.07 Å². The van der Waals surface area contributed by atoms with Gasteiger partial charge in [-0.25, -0.2) is 0 Å². The minimum atomic E-state index is -0.0928. The summed E-state index contributed by atoms with van der Waals surface area (Å²) in [5.41, 5.74) is 0.603. The van der Waals surface area contributed by atoms with E-state index < -0.39 is 0 Å². The van der Waals surface area contributed by atoms with E-state index >= 15 is 0 Å². The van der Waals surface area contributed by atoms with Crippen molar-refractivity contribution in [3.63, 3.8) is 0 Å². The van der Waals surface area contributed by atoms with Crippen molar-refractivity contribution >= 4 is 40.7 Å². The van der Waals surface area contributed by atoms with Crippen LogP contribution < -0.4 is 10.1 Å². The third-order valence-corrected chi connectivity index (χ3v) is 3.29. The van der Waals surface area contributed by atoms with Crippen molar-refractivity contribution < 1.29 is 9.53 Å². The number of amides is 1. The molecular formula is C12H9ClN4O2S. The van der Waals surface area contributed by atoms with Gasteiger partial charge in [-0.2, -0.15) is 10.4 Å². The van der Waals surface area contributed by atoms with Crippen LogP contribution in [0.2, 0.25) is 5.02 Å². The van der Waals surface area contributed by atoms with E-state index in [0.29, 0.717) is 27.3 Å². The van der Waals surface area contributed by atoms with Crippen LogP contribution in [0.15, 0.2) is 28.4 Å². The lowest BCUT2D eigenvalue weighted by Crippen LogP contribution is -2.19. The Kier molecular flexibility index (Phi) is 4.98. The van der Waals surface area contributed by atoms with Crippen molar-refractivity contribution in [1.29, 1.82) is 5.26 Å². The Morgan fingerprint density at radius 3 is 3.15 bits per heavy atom. The second-order valence-electron chi connectivity index (χ2n) is 3.62. The fourth-order valence-electron chi connectivity index (χ4n) is 1.38. The first kappa shape index (κ1) is 14.4. The van der Waals surface area contributed by atoms with E-state index in [-0.39, 0.29) is 12.5 Å². The maximum Gasteiger partial charge on any atom is 0.236 e. The van der Waals surface area contributed by atoms with Crippen molar-refractivity contribution in [2.75, 3.05) is 12.4 Å². The second kappa shape index (κ2) is 6.93. The van der Waals surface area contributed by atoms with Gasteiger partial charge < -0.3 is 10.1 Å². The van der Waals surface area contributed by atoms with Crippen LogP contribution in [0, 0.1) is 11.3 Å². The van der Waals surface area contributed by atoms with Gasteiger partial charge in [-0.3, -0.25) is 4.79 Å². The summed E-state index contributed by atoms with van der Waals surface area (Å²) in [6.45, 7) is -0.0666.